The molecule has 0 saturated heterocycles. The Hall–Kier alpha value is -7.94. The molecule has 25 nitrogen and oxygen atoms in total. The first-order valence-electron chi connectivity index (χ1n) is 22.6. The summed E-state index contributed by atoms with van der Waals surface area (Å²) < 4.78 is 0. The number of carbonyl (C=O) groups excluding carboxylic acids is 10. The van der Waals surface area contributed by atoms with E-state index >= 15 is 0 Å². The summed E-state index contributed by atoms with van der Waals surface area (Å²) in [6.45, 7) is -0.928. The Balaban J connectivity index is 1.80. The van der Waals surface area contributed by atoms with E-state index < -0.39 is 145 Å². The normalized spacial score (nSPS) is 14.5. The fraction of sp³-hybridized carbons (Fsp3) is 0.383. The van der Waals surface area contributed by atoms with Gasteiger partial charge in [0.15, 0.2) is 0 Å². The molecular weight excluding hydrogens is 975 g/mol. The third-order valence-electron chi connectivity index (χ3n) is 10.7. The van der Waals surface area contributed by atoms with Gasteiger partial charge in [0.25, 0.3) is 0 Å². The summed E-state index contributed by atoms with van der Waals surface area (Å²) in [7, 11) is 0. The van der Waals surface area contributed by atoms with E-state index in [9.17, 15) is 63.0 Å². The van der Waals surface area contributed by atoms with Gasteiger partial charge in [0.1, 0.15) is 48.8 Å². The van der Waals surface area contributed by atoms with Crippen LogP contribution in [0.2, 0.25) is 0 Å². The third-order valence-corrected chi connectivity index (χ3v) is 11.0. The lowest BCUT2D eigenvalue weighted by molar-refractivity contribution is -0.139. The molecule has 3 rings (SSSR count). The first-order chi connectivity index (χ1) is 34.6. The molecule has 0 aliphatic rings. The predicted molar refractivity (Wildman–Crippen MR) is 263 cm³/mol. The summed E-state index contributed by atoms with van der Waals surface area (Å²) in [6.07, 6.45) is -3.69. The van der Waals surface area contributed by atoms with Crippen molar-refractivity contribution in [2.45, 2.75) is 93.5 Å². The molecule has 10 amide bonds. The lowest BCUT2D eigenvalue weighted by Gasteiger charge is -2.28. The van der Waals surface area contributed by atoms with Gasteiger partial charge in [0, 0.05) is 18.6 Å². The highest BCUT2D eigenvalue weighted by Gasteiger charge is 2.36. The van der Waals surface area contributed by atoms with Crippen LogP contribution in [0.1, 0.15) is 36.5 Å². The zero-order chi connectivity index (χ0) is 54.2. The minimum atomic E-state index is -1.94. The number of carboxylic acid groups (broad SMARTS) is 1. The molecule has 26 heteroatoms. The van der Waals surface area contributed by atoms with Gasteiger partial charge >= 0.3 is 5.97 Å². The number of carboxylic acids is 1. The van der Waals surface area contributed by atoms with Gasteiger partial charge in [-0.25, -0.2) is 0 Å². The summed E-state index contributed by atoms with van der Waals surface area (Å²) in [5.74, 6) is -12.4. The first kappa shape index (κ1) is 59.4. The first-order valence-corrected chi connectivity index (χ1v) is 23.2. The molecule has 0 fully saturated rings. The minimum Gasteiger partial charge on any atom is -0.480 e. The molecule has 3 aromatic rings. The van der Waals surface area contributed by atoms with Gasteiger partial charge in [-0.05, 0) is 30.0 Å². The Kier molecular flexibility index (Phi) is 24.4. The van der Waals surface area contributed by atoms with Crippen LogP contribution in [0.4, 0.5) is 0 Å². The number of primary amides is 2. The molecule has 0 aromatic heterocycles. The van der Waals surface area contributed by atoms with E-state index in [4.69, 9.17) is 22.3 Å². The van der Waals surface area contributed by atoms with Crippen molar-refractivity contribution in [1.29, 1.82) is 0 Å². The van der Waals surface area contributed by atoms with Crippen molar-refractivity contribution < 1.29 is 68.1 Å². The number of aliphatic hydroxyl groups is 2. The summed E-state index contributed by atoms with van der Waals surface area (Å²) in [5.41, 5.74) is 18.5. The lowest BCUT2D eigenvalue weighted by Crippen LogP contribution is -2.63. The van der Waals surface area contributed by atoms with Crippen molar-refractivity contribution in [3.05, 3.63) is 108 Å². The minimum absolute atomic E-state index is 0.152. The number of aliphatic carboxylic acids is 1. The van der Waals surface area contributed by atoms with E-state index in [0.717, 1.165) is 12.5 Å². The summed E-state index contributed by atoms with van der Waals surface area (Å²) in [4.78, 5) is 143. The topological polar surface area (TPSA) is 423 Å². The Morgan fingerprint density at radius 1 is 0.493 bits per heavy atom. The molecule has 0 spiro atoms. The fourth-order valence-electron chi connectivity index (χ4n) is 6.86. The molecule has 0 saturated carbocycles. The van der Waals surface area contributed by atoms with Crippen LogP contribution in [0.25, 0.3) is 0 Å². The molecule has 0 aliphatic carbocycles. The van der Waals surface area contributed by atoms with Gasteiger partial charge in [0.05, 0.1) is 31.6 Å². The second-order valence-corrected chi connectivity index (χ2v) is 17.0. The molecule has 3 aromatic carbocycles. The lowest BCUT2D eigenvalue weighted by atomic mass is 10.0. The SMILES string of the molecule is C[C@@H](O)[C@H](NC(=O)[C@H](Cc1ccccc1)NC(=O)[C@H](CS)NC(=O)[C@@H](N)Cc1ccccc1)C(=O)N[C@@H](CO)C(=O)N[C@@H](CC(N)=O)C(=O)N[C@@H](Cc1ccccc1)C(=O)N[C@@H](CC(N)=O)C(=O)NCC(=O)O. The molecule has 0 unspecified atom stereocenters. The van der Waals surface area contributed by atoms with Crippen LogP contribution < -0.4 is 59.7 Å². The van der Waals surface area contributed by atoms with E-state index in [1.165, 1.54) is 0 Å². The molecule has 17 N–H and O–H groups in total. The van der Waals surface area contributed by atoms with Gasteiger partial charge in [-0.1, -0.05) is 91.0 Å². The van der Waals surface area contributed by atoms with Gasteiger partial charge in [-0.15, -0.1) is 0 Å². The Bertz CT molecular complexity index is 2400. The fourth-order valence-corrected chi connectivity index (χ4v) is 7.12. The maximum Gasteiger partial charge on any atom is 0.322 e. The average Bonchev–Trinajstić information content (AvgIpc) is 3.34. The van der Waals surface area contributed by atoms with E-state index in [1.54, 1.807) is 91.0 Å². The second-order valence-electron chi connectivity index (χ2n) is 16.6. The van der Waals surface area contributed by atoms with Gasteiger partial charge in [-0.2, -0.15) is 12.6 Å². The maximum absolute atomic E-state index is 14.0. The molecule has 9 atom stereocenters. The largest absolute Gasteiger partial charge is 0.480 e. The number of aliphatic hydroxyl groups excluding tert-OH is 2. The Morgan fingerprint density at radius 2 is 0.849 bits per heavy atom. The Morgan fingerprint density at radius 3 is 1.26 bits per heavy atom. The number of amides is 10. The zero-order valence-corrected chi connectivity index (χ0v) is 40.4. The number of rotatable bonds is 30. The number of hydrogen-bond donors (Lipinski definition) is 15. The van der Waals surface area contributed by atoms with Crippen molar-refractivity contribution >= 4 is 77.7 Å². The molecular formula is C47H61N11O14S. The molecule has 0 bridgehead atoms. The summed E-state index contributed by atoms with van der Waals surface area (Å²) >= 11 is 4.21. The predicted octanol–water partition coefficient (Wildman–Crippen LogP) is -5.31. The van der Waals surface area contributed by atoms with Crippen LogP contribution in [0.3, 0.4) is 0 Å². The second kappa shape index (κ2) is 30.1. The van der Waals surface area contributed by atoms with E-state index in [2.05, 4.69) is 49.8 Å². The Labute approximate surface area is 424 Å². The smallest absolute Gasteiger partial charge is 0.322 e. The van der Waals surface area contributed by atoms with Crippen LogP contribution in [0, 0.1) is 0 Å². The van der Waals surface area contributed by atoms with Crippen LogP contribution in [0.5, 0.6) is 0 Å². The van der Waals surface area contributed by atoms with Crippen molar-refractivity contribution in [2.24, 2.45) is 17.2 Å². The number of benzene rings is 3. The van der Waals surface area contributed by atoms with E-state index in [1.807, 2.05) is 5.32 Å². The van der Waals surface area contributed by atoms with Crippen molar-refractivity contribution in [1.82, 2.24) is 42.5 Å². The molecule has 0 heterocycles. The monoisotopic (exact) mass is 1040 g/mol. The molecule has 394 valence electrons. The van der Waals surface area contributed by atoms with Crippen LogP contribution >= 0.6 is 12.6 Å². The van der Waals surface area contributed by atoms with Crippen LogP contribution in [-0.2, 0) is 72.0 Å². The summed E-state index contributed by atoms with van der Waals surface area (Å²) in [6, 6.07) is 12.4. The highest BCUT2D eigenvalue weighted by molar-refractivity contribution is 7.80. The third kappa shape index (κ3) is 20.7. The van der Waals surface area contributed by atoms with Gasteiger partial charge in [-0.3, -0.25) is 52.7 Å². The van der Waals surface area contributed by atoms with Crippen LogP contribution in [0.15, 0.2) is 91.0 Å². The quantitative estimate of drug-likeness (QED) is 0.0277. The highest BCUT2D eigenvalue weighted by Crippen LogP contribution is 2.09. The average molecular weight is 1040 g/mol. The number of hydrogen-bond acceptors (Lipinski definition) is 15. The summed E-state index contributed by atoms with van der Waals surface area (Å²) in [5, 5.41) is 48.3. The number of nitrogens with two attached hydrogens (primary N) is 3. The molecule has 0 radical (unpaired) electrons. The van der Waals surface area contributed by atoms with Crippen LogP contribution in [-0.4, -0.2) is 154 Å². The number of nitrogens with one attached hydrogen (secondary N) is 8. The zero-order valence-electron chi connectivity index (χ0n) is 39.5. The van der Waals surface area contributed by atoms with Gasteiger partial charge in [0.2, 0.25) is 59.1 Å². The van der Waals surface area contributed by atoms with Gasteiger partial charge < -0.3 is 75.1 Å². The van der Waals surface area contributed by atoms with Crippen molar-refractivity contribution in [3.8, 4) is 0 Å². The molecule has 0 aliphatic heterocycles. The maximum atomic E-state index is 14.0. The van der Waals surface area contributed by atoms with Crippen molar-refractivity contribution in [2.75, 3.05) is 18.9 Å². The van der Waals surface area contributed by atoms with E-state index in [-0.39, 0.29) is 25.0 Å². The standard InChI is InChI=1S/C47H61N11O14S/c1-25(60)39(58-44(69)31(19-28-15-9-4-10-16-28)53-46(71)35(24-73)57-40(65)29(48)17-26-11-5-2-6-12-26)47(72)56-34(23-59)45(70)55-33(21-37(50)62)43(68)52-30(18-27-13-7-3-8-14-27)42(67)54-32(20-36(49)61)41(66)51-22-38(63)64/h2-16,25,29-35,39,59-60,73H,17-24,48H2,1H3,(H2,49,61)(H2,50,62)(H,51,66)(H,52,68)(H,53,71)(H,54,67)(H,55,70)(H,56,72)(H,57,65)(H,58,69)(H,63,64)/t25-,29+,30+,31+,32+,33+,34+,35+,39+/m1/s1. The van der Waals surface area contributed by atoms with E-state index in [0.29, 0.717) is 11.1 Å². The molecule has 73 heavy (non-hydrogen) atoms. The highest BCUT2D eigenvalue weighted by atomic mass is 32.1. The number of carbonyl (C=O) groups is 11. The number of thiol groups is 1. The van der Waals surface area contributed by atoms with Crippen molar-refractivity contribution in [3.63, 3.8) is 0 Å².